The zero-order valence-corrected chi connectivity index (χ0v) is 12.9. The van der Waals surface area contributed by atoms with Gasteiger partial charge in [-0.2, -0.15) is 4.98 Å². The maximum atomic E-state index is 5.58. The molecule has 0 unspecified atom stereocenters. The number of nitrogens with zero attached hydrogens (tertiary/aromatic N) is 2. The highest BCUT2D eigenvalue weighted by molar-refractivity contribution is 5.27. The average molecular weight is 277 g/mol. The summed E-state index contributed by atoms with van der Waals surface area (Å²) in [5, 5.41) is 3.36. The Morgan fingerprint density at radius 1 is 1.25 bits per heavy atom. The first-order chi connectivity index (χ1) is 9.67. The van der Waals surface area contributed by atoms with Gasteiger partial charge in [0, 0.05) is 18.8 Å². The van der Waals surface area contributed by atoms with Gasteiger partial charge in [0.15, 0.2) is 0 Å². The molecule has 0 aliphatic heterocycles. The van der Waals surface area contributed by atoms with Crippen LogP contribution >= 0.6 is 0 Å². The van der Waals surface area contributed by atoms with Crippen molar-refractivity contribution in [1.29, 1.82) is 0 Å². The molecule has 0 saturated heterocycles. The molecule has 2 rings (SSSR count). The van der Waals surface area contributed by atoms with Crippen LogP contribution in [0.25, 0.3) is 0 Å². The summed E-state index contributed by atoms with van der Waals surface area (Å²) in [6, 6.07) is 1.80. The summed E-state index contributed by atoms with van der Waals surface area (Å²) >= 11 is 0. The quantitative estimate of drug-likeness (QED) is 0.857. The maximum Gasteiger partial charge on any atom is 0.225 e. The highest BCUT2D eigenvalue weighted by Crippen LogP contribution is 2.30. The molecule has 0 aromatic carbocycles. The fourth-order valence-electron chi connectivity index (χ4n) is 2.81. The number of rotatable bonds is 6. The van der Waals surface area contributed by atoms with E-state index in [-0.39, 0.29) is 6.10 Å². The molecule has 1 aromatic rings. The van der Waals surface area contributed by atoms with Gasteiger partial charge < -0.3 is 10.1 Å². The summed E-state index contributed by atoms with van der Waals surface area (Å²) in [5.41, 5.74) is 0. The van der Waals surface area contributed by atoms with Crippen LogP contribution < -0.4 is 10.1 Å². The van der Waals surface area contributed by atoms with Crippen molar-refractivity contribution in [3.63, 3.8) is 0 Å². The lowest BCUT2D eigenvalue weighted by Gasteiger charge is -2.27. The first kappa shape index (κ1) is 15.1. The molecular formula is C16H27N3O. The SMILES string of the molecule is CCC1CCC(CNc2nccc(OC(C)C)n2)CC1. The van der Waals surface area contributed by atoms with E-state index in [1.54, 1.807) is 12.3 Å². The Morgan fingerprint density at radius 3 is 2.60 bits per heavy atom. The zero-order chi connectivity index (χ0) is 14.4. The minimum absolute atomic E-state index is 0.141. The molecule has 0 radical (unpaired) electrons. The molecule has 1 aliphatic rings. The monoisotopic (exact) mass is 277 g/mol. The van der Waals surface area contributed by atoms with Gasteiger partial charge in [-0.25, -0.2) is 4.98 Å². The van der Waals surface area contributed by atoms with Crippen LogP contribution in [0.1, 0.15) is 52.9 Å². The number of ether oxygens (including phenoxy) is 1. The second-order valence-corrected chi connectivity index (χ2v) is 6.06. The van der Waals surface area contributed by atoms with E-state index in [0.29, 0.717) is 11.8 Å². The smallest absolute Gasteiger partial charge is 0.225 e. The van der Waals surface area contributed by atoms with E-state index in [0.717, 1.165) is 18.4 Å². The van der Waals surface area contributed by atoms with E-state index in [2.05, 4.69) is 22.2 Å². The topological polar surface area (TPSA) is 47.0 Å². The van der Waals surface area contributed by atoms with Gasteiger partial charge in [0.05, 0.1) is 6.10 Å². The van der Waals surface area contributed by atoms with Gasteiger partial charge in [-0.05, 0) is 38.5 Å². The molecular weight excluding hydrogens is 250 g/mol. The molecule has 20 heavy (non-hydrogen) atoms. The number of hydrogen-bond donors (Lipinski definition) is 1. The van der Waals surface area contributed by atoms with Gasteiger partial charge in [-0.1, -0.05) is 26.2 Å². The van der Waals surface area contributed by atoms with Crippen molar-refractivity contribution >= 4 is 5.95 Å². The largest absolute Gasteiger partial charge is 0.475 e. The second kappa shape index (κ2) is 7.46. The molecule has 1 fully saturated rings. The van der Waals surface area contributed by atoms with Crippen LogP contribution in [-0.2, 0) is 0 Å². The fourth-order valence-corrected chi connectivity index (χ4v) is 2.81. The normalized spacial score (nSPS) is 22.8. The van der Waals surface area contributed by atoms with E-state index in [4.69, 9.17) is 4.74 Å². The van der Waals surface area contributed by atoms with E-state index in [9.17, 15) is 0 Å². The number of hydrogen-bond acceptors (Lipinski definition) is 4. The van der Waals surface area contributed by atoms with Crippen LogP contribution in [0, 0.1) is 11.8 Å². The highest BCUT2D eigenvalue weighted by atomic mass is 16.5. The number of anilines is 1. The van der Waals surface area contributed by atoms with Crippen LogP contribution in [0.2, 0.25) is 0 Å². The molecule has 1 heterocycles. The van der Waals surface area contributed by atoms with Gasteiger partial charge in [-0.3, -0.25) is 0 Å². The molecule has 1 aromatic heterocycles. The molecule has 0 spiro atoms. The van der Waals surface area contributed by atoms with Gasteiger partial charge in [0.2, 0.25) is 11.8 Å². The average Bonchev–Trinajstić information content (AvgIpc) is 2.45. The standard InChI is InChI=1S/C16H27N3O/c1-4-13-5-7-14(8-6-13)11-18-16-17-10-9-15(19-16)20-12(2)3/h9-10,12-14H,4-8,11H2,1-3H3,(H,17,18,19). The fraction of sp³-hybridized carbons (Fsp3) is 0.750. The van der Waals surface area contributed by atoms with Crippen molar-refractivity contribution in [2.24, 2.45) is 11.8 Å². The minimum Gasteiger partial charge on any atom is -0.475 e. The highest BCUT2D eigenvalue weighted by Gasteiger charge is 2.19. The summed E-state index contributed by atoms with van der Waals surface area (Å²) in [4.78, 5) is 8.64. The van der Waals surface area contributed by atoms with E-state index in [1.165, 1.54) is 32.1 Å². The zero-order valence-electron chi connectivity index (χ0n) is 12.9. The second-order valence-electron chi connectivity index (χ2n) is 6.06. The minimum atomic E-state index is 0.141. The van der Waals surface area contributed by atoms with E-state index in [1.807, 2.05) is 13.8 Å². The summed E-state index contributed by atoms with van der Waals surface area (Å²) < 4.78 is 5.58. The van der Waals surface area contributed by atoms with Crippen molar-refractivity contribution in [1.82, 2.24) is 9.97 Å². The van der Waals surface area contributed by atoms with Crippen molar-refractivity contribution in [2.45, 2.75) is 59.0 Å². The van der Waals surface area contributed by atoms with Crippen LogP contribution in [0.3, 0.4) is 0 Å². The lowest BCUT2D eigenvalue weighted by Crippen LogP contribution is -2.21. The Hall–Kier alpha value is -1.32. The van der Waals surface area contributed by atoms with E-state index >= 15 is 0 Å². The Balaban J connectivity index is 1.79. The lowest BCUT2D eigenvalue weighted by atomic mass is 9.81. The first-order valence-corrected chi connectivity index (χ1v) is 7.91. The third-order valence-electron chi connectivity index (χ3n) is 4.08. The van der Waals surface area contributed by atoms with Crippen LogP contribution in [0.15, 0.2) is 12.3 Å². The van der Waals surface area contributed by atoms with Gasteiger partial charge >= 0.3 is 0 Å². The third-order valence-corrected chi connectivity index (χ3v) is 4.08. The third kappa shape index (κ3) is 4.66. The Kier molecular flexibility index (Phi) is 5.62. The van der Waals surface area contributed by atoms with Crippen LogP contribution in [0.5, 0.6) is 5.88 Å². The molecule has 112 valence electrons. The molecule has 0 atom stereocenters. The first-order valence-electron chi connectivity index (χ1n) is 7.91. The predicted octanol–water partition coefficient (Wildman–Crippen LogP) is 3.89. The number of aromatic nitrogens is 2. The maximum absolute atomic E-state index is 5.58. The molecule has 0 bridgehead atoms. The molecule has 4 heteroatoms. The van der Waals surface area contributed by atoms with Crippen LogP contribution in [-0.4, -0.2) is 22.6 Å². The number of nitrogens with one attached hydrogen (secondary N) is 1. The summed E-state index contributed by atoms with van der Waals surface area (Å²) in [7, 11) is 0. The van der Waals surface area contributed by atoms with Crippen LogP contribution in [0.4, 0.5) is 5.95 Å². The molecule has 0 amide bonds. The van der Waals surface area contributed by atoms with Gasteiger partial charge in [-0.15, -0.1) is 0 Å². The molecule has 1 aliphatic carbocycles. The Morgan fingerprint density at radius 2 is 1.95 bits per heavy atom. The Labute approximate surface area is 122 Å². The summed E-state index contributed by atoms with van der Waals surface area (Å²) in [6.07, 6.45) is 8.63. The van der Waals surface area contributed by atoms with Gasteiger partial charge in [0.1, 0.15) is 0 Å². The molecule has 4 nitrogen and oxygen atoms in total. The van der Waals surface area contributed by atoms with Crippen molar-refractivity contribution in [3.8, 4) is 5.88 Å². The lowest BCUT2D eigenvalue weighted by molar-refractivity contribution is 0.232. The van der Waals surface area contributed by atoms with Gasteiger partial charge in [0.25, 0.3) is 0 Å². The summed E-state index contributed by atoms with van der Waals surface area (Å²) in [6.45, 7) is 7.28. The van der Waals surface area contributed by atoms with Crippen molar-refractivity contribution in [3.05, 3.63) is 12.3 Å². The molecule has 1 saturated carbocycles. The summed E-state index contributed by atoms with van der Waals surface area (Å²) in [5.74, 6) is 3.04. The Bertz CT molecular complexity index is 400. The molecule has 1 N–H and O–H groups in total. The van der Waals surface area contributed by atoms with E-state index < -0.39 is 0 Å². The predicted molar refractivity (Wildman–Crippen MR) is 82.0 cm³/mol. The van der Waals surface area contributed by atoms with Crippen molar-refractivity contribution in [2.75, 3.05) is 11.9 Å². The van der Waals surface area contributed by atoms with Crippen molar-refractivity contribution < 1.29 is 4.74 Å².